The van der Waals surface area contributed by atoms with Gasteiger partial charge in [0, 0.05) is 0 Å². The lowest BCUT2D eigenvalue weighted by molar-refractivity contribution is 1.09. The van der Waals surface area contributed by atoms with Crippen LogP contribution >= 0.6 is 0 Å². The van der Waals surface area contributed by atoms with Crippen molar-refractivity contribution in [3.05, 3.63) is 61.7 Å². The van der Waals surface area contributed by atoms with E-state index in [1.165, 1.54) is 6.42 Å². The molecule has 1 aromatic rings. The number of benzene rings is 1. The first kappa shape index (κ1) is 20.8. The molecule has 0 aromatic heterocycles. The van der Waals surface area contributed by atoms with Gasteiger partial charge in [0.25, 0.3) is 0 Å². The third-order valence-corrected chi connectivity index (χ3v) is 1.44. The molecular weight excluding hydrogens is 204 g/mol. The Morgan fingerprint density at radius 2 is 1.12 bits per heavy atom. The zero-order valence-electron chi connectivity index (χ0n) is 12.0. The van der Waals surface area contributed by atoms with Crippen LogP contribution in [0.4, 0.5) is 0 Å². The summed E-state index contributed by atoms with van der Waals surface area (Å²) in [5, 5.41) is 0. The van der Waals surface area contributed by atoms with Crippen LogP contribution in [0, 0.1) is 0 Å². The van der Waals surface area contributed by atoms with Gasteiger partial charge in [-0.2, -0.15) is 0 Å². The second-order valence-corrected chi connectivity index (χ2v) is 2.74. The van der Waals surface area contributed by atoms with E-state index in [9.17, 15) is 0 Å². The molecule has 0 radical (unpaired) electrons. The largest absolute Gasteiger partial charge is 0.106 e. The summed E-state index contributed by atoms with van der Waals surface area (Å²) < 4.78 is 0. The van der Waals surface area contributed by atoms with Gasteiger partial charge in [-0.25, -0.2) is 0 Å². The molecule has 1 rings (SSSR count). The lowest BCUT2D eigenvalue weighted by atomic mass is 10.1. The Balaban J connectivity index is -0.000000239. The minimum absolute atomic E-state index is 1.14. The topological polar surface area (TPSA) is 0 Å². The lowest BCUT2D eigenvalue weighted by Crippen LogP contribution is -1.76. The fraction of sp³-hybridized carbons (Fsp3) is 0.294. The van der Waals surface area contributed by atoms with E-state index in [0.29, 0.717) is 0 Å². The Labute approximate surface area is 108 Å². The molecule has 0 saturated heterocycles. The summed E-state index contributed by atoms with van der Waals surface area (Å²) in [5.74, 6) is 0. The highest BCUT2D eigenvalue weighted by Crippen LogP contribution is 2.10. The third-order valence-electron chi connectivity index (χ3n) is 1.44. The average molecular weight is 232 g/mol. The van der Waals surface area contributed by atoms with Crippen molar-refractivity contribution in [2.75, 3.05) is 0 Å². The fourth-order valence-electron chi connectivity index (χ4n) is 0.883. The van der Waals surface area contributed by atoms with E-state index in [4.69, 9.17) is 0 Å². The number of hydrogen-bond donors (Lipinski definition) is 0. The minimum Gasteiger partial charge on any atom is -0.106 e. The quantitative estimate of drug-likeness (QED) is 0.531. The standard InChI is InChI=1S/C10H10.C3H8.C2H6.C2H4/c1-3-9-7-5-6-8-10(9)4-2;1-3-2;2*1-2/h3-8H,1-2H2;3H2,1-2H3;1-2H3;1-2H2. The van der Waals surface area contributed by atoms with E-state index in [-0.39, 0.29) is 0 Å². The second-order valence-electron chi connectivity index (χ2n) is 2.74. The zero-order valence-corrected chi connectivity index (χ0v) is 12.0. The lowest BCUT2D eigenvalue weighted by Gasteiger charge is -1.96. The van der Waals surface area contributed by atoms with Crippen LogP contribution in [0.2, 0.25) is 0 Å². The summed E-state index contributed by atoms with van der Waals surface area (Å²) in [6.07, 6.45) is 4.91. The maximum Gasteiger partial charge on any atom is -0.0190 e. The van der Waals surface area contributed by atoms with Gasteiger partial charge in [0.2, 0.25) is 0 Å². The molecule has 0 saturated carbocycles. The maximum atomic E-state index is 3.69. The first-order valence-electron chi connectivity index (χ1n) is 6.14. The SMILES string of the molecule is C=C.C=Cc1ccccc1C=C.CC.CCC. The molecule has 0 fully saturated rings. The van der Waals surface area contributed by atoms with Gasteiger partial charge in [-0.05, 0) is 11.1 Å². The summed E-state index contributed by atoms with van der Waals surface area (Å²) in [4.78, 5) is 0. The first-order valence-corrected chi connectivity index (χ1v) is 6.14. The van der Waals surface area contributed by atoms with E-state index in [1.54, 1.807) is 0 Å². The van der Waals surface area contributed by atoms with Crippen molar-refractivity contribution in [3.63, 3.8) is 0 Å². The van der Waals surface area contributed by atoms with E-state index in [1.807, 2.05) is 50.3 Å². The number of rotatable bonds is 2. The molecule has 1 aromatic carbocycles. The predicted molar refractivity (Wildman–Crippen MR) is 85.2 cm³/mol. The van der Waals surface area contributed by atoms with Crippen LogP contribution in [0.15, 0.2) is 50.6 Å². The van der Waals surface area contributed by atoms with Crippen LogP contribution < -0.4 is 0 Å². The smallest absolute Gasteiger partial charge is 0.0190 e. The highest BCUT2D eigenvalue weighted by atomic mass is 13.9. The van der Waals surface area contributed by atoms with Gasteiger partial charge in [-0.3, -0.25) is 0 Å². The Kier molecular flexibility index (Phi) is 24.4. The van der Waals surface area contributed by atoms with E-state index >= 15 is 0 Å². The predicted octanol–water partition coefficient (Wildman–Crippen LogP) is 6.22. The van der Waals surface area contributed by atoms with Crippen molar-refractivity contribution in [3.8, 4) is 0 Å². The normalized spacial score (nSPS) is 6.82. The first-order chi connectivity index (χ1) is 8.29. The van der Waals surface area contributed by atoms with Gasteiger partial charge in [-0.15, -0.1) is 13.2 Å². The molecule has 0 spiro atoms. The van der Waals surface area contributed by atoms with Gasteiger partial charge in [0.1, 0.15) is 0 Å². The van der Waals surface area contributed by atoms with Crippen LogP contribution in [-0.2, 0) is 0 Å². The van der Waals surface area contributed by atoms with Crippen molar-refractivity contribution in [2.45, 2.75) is 34.1 Å². The summed E-state index contributed by atoms with van der Waals surface area (Å²) in [7, 11) is 0. The zero-order chi connectivity index (χ0) is 14.1. The highest BCUT2D eigenvalue weighted by Gasteiger charge is 1.89. The molecule has 17 heavy (non-hydrogen) atoms. The molecule has 0 amide bonds. The third kappa shape index (κ3) is 12.4. The highest BCUT2D eigenvalue weighted by molar-refractivity contribution is 5.63. The van der Waals surface area contributed by atoms with Crippen LogP contribution in [0.1, 0.15) is 45.2 Å². The monoisotopic (exact) mass is 232 g/mol. The average Bonchev–Trinajstić information content (AvgIpc) is 2.44. The van der Waals surface area contributed by atoms with Gasteiger partial charge < -0.3 is 0 Å². The second kappa shape index (κ2) is 19.9. The van der Waals surface area contributed by atoms with Crippen molar-refractivity contribution < 1.29 is 0 Å². The Morgan fingerprint density at radius 3 is 1.29 bits per heavy atom. The van der Waals surface area contributed by atoms with Crippen molar-refractivity contribution in [1.82, 2.24) is 0 Å². The van der Waals surface area contributed by atoms with Crippen LogP contribution in [0.25, 0.3) is 12.2 Å². The summed E-state index contributed by atoms with van der Waals surface area (Å²) in [6, 6.07) is 8.02. The molecule has 96 valence electrons. The van der Waals surface area contributed by atoms with Gasteiger partial charge in [0.05, 0.1) is 0 Å². The van der Waals surface area contributed by atoms with Crippen LogP contribution in [0.3, 0.4) is 0 Å². The van der Waals surface area contributed by atoms with Gasteiger partial charge >= 0.3 is 0 Å². The molecule has 0 bridgehead atoms. The molecule has 0 heteroatoms. The molecule has 0 N–H and O–H groups in total. The number of hydrogen-bond acceptors (Lipinski definition) is 0. The molecule has 0 aliphatic carbocycles. The fourth-order valence-corrected chi connectivity index (χ4v) is 0.883. The molecular formula is C17H28. The van der Waals surface area contributed by atoms with E-state index in [0.717, 1.165) is 11.1 Å². The van der Waals surface area contributed by atoms with Crippen molar-refractivity contribution in [2.24, 2.45) is 0 Å². The Morgan fingerprint density at radius 1 is 0.882 bits per heavy atom. The molecule has 0 nitrogen and oxygen atoms in total. The Bertz CT molecular complexity index is 244. The molecule has 0 heterocycles. The van der Waals surface area contributed by atoms with Crippen LogP contribution in [0.5, 0.6) is 0 Å². The molecule has 0 unspecified atom stereocenters. The van der Waals surface area contributed by atoms with Crippen molar-refractivity contribution >= 4 is 12.2 Å². The van der Waals surface area contributed by atoms with Gasteiger partial charge in [-0.1, -0.05) is 83.7 Å². The Hall–Kier alpha value is -1.56. The summed E-state index contributed by atoms with van der Waals surface area (Å²) in [5.41, 5.74) is 2.27. The molecule has 0 aliphatic rings. The van der Waals surface area contributed by atoms with E-state index < -0.39 is 0 Å². The van der Waals surface area contributed by atoms with Crippen molar-refractivity contribution in [1.29, 1.82) is 0 Å². The maximum absolute atomic E-state index is 3.69. The summed E-state index contributed by atoms with van der Waals surface area (Å²) >= 11 is 0. The molecule has 0 aliphatic heterocycles. The van der Waals surface area contributed by atoms with E-state index in [2.05, 4.69) is 40.2 Å². The van der Waals surface area contributed by atoms with Gasteiger partial charge in [0.15, 0.2) is 0 Å². The summed E-state index contributed by atoms with van der Waals surface area (Å²) in [6.45, 7) is 21.6. The molecule has 0 atom stereocenters. The van der Waals surface area contributed by atoms with Crippen LogP contribution in [-0.4, -0.2) is 0 Å². The minimum atomic E-state index is 1.14.